The Morgan fingerprint density at radius 2 is 1.72 bits per heavy atom. The predicted molar refractivity (Wildman–Crippen MR) is 103 cm³/mol. The predicted octanol–water partition coefficient (Wildman–Crippen LogP) is 5.24. The molecule has 0 aliphatic carbocycles. The summed E-state index contributed by atoms with van der Waals surface area (Å²) in [5.41, 5.74) is 3.63. The molecule has 2 N–H and O–H groups in total. The van der Waals surface area contributed by atoms with Gasteiger partial charge in [0, 0.05) is 22.5 Å². The summed E-state index contributed by atoms with van der Waals surface area (Å²) in [5, 5.41) is 7.22. The molecule has 1 heterocycles. The quantitative estimate of drug-likeness (QED) is 0.656. The fourth-order valence-corrected chi connectivity index (χ4v) is 2.69. The molecule has 0 saturated heterocycles. The monoisotopic (exact) mass is 354 g/mol. The van der Waals surface area contributed by atoms with Crippen LogP contribution in [0.1, 0.15) is 11.3 Å². The molecule has 2 aromatic carbocycles. The van der Waals surface area contributed by atoms with E-state index in [-0.39, 0.29) is 0 Å². The Morgan fingerprint density at radius 3 is 2.48 bits per heavy atom. The maximum absolute atomic E-state index is 6.01. The van der Waals surface area contributed by atoms with Crippen LogP contribution in [-0.4, -0.2) is 17.1 Å². The number of nitrogens with one attached hydrogen (secondary N) is 2. The Morgan fingerprint density at radius 1 is 0.920 bits per heavy atom. The molecule has 0 spiro atoms. The summed E-state index contributed by atoms with van der Waals surface area (Å²) < 4.78 is 5.37. The van der Waals surface area contributed by atoms with Crippen molar-refractivity contribution in [3.8, 4) is 5.75 Å². The Balaban J connectivity index is 1.87. The van der Waals surface area contributed by atoms with Crippen LogP contribution in [0.4, 0.5) is 23.1 Å². The minimum atomic E-state index is 0.517. The Hall–Kier alpha value is -2.79. The Kier molecular flexibility index (Phi) is 5.05. The third kappa shape index (κ3) is 4.19. The second-order valence-electron chi connectivity index (χ2n) is 5.63. The first kappa shape index (κ1) is 17.0. The van der Waals surface area contributed by atoms with Crippen molar-refractivity contribution >= 4 is 34.7 Å². The molecule has 0 fully saturated rings. The second kappa shape index (κ2) is 7.40. The number of nitrogens with zero attached hydrogens (tertiary/aromatic N) is 2. The van der Waals surface area contributed by atoms with Gasteiger partial charge in [0.2, 0.25) is 5.95 Å². The van der Waals surface area contributed by atoms with Crippen LogP contribution in [0.5, 0.6) is 5.75 Å². The molecule has 0 aliphatic rings. The van der Waals surface area contributed by atoms with Gasteiger partial charge in [-0.15, -0.1) is 0 Å². The zero-order chi connectivity index (χ0) is 17.8. The lowest BCUT2D eigenvalue weighted by molar-refractivity contribution is 0.417. The van der Waals surface area contributed by atoms with Crippen molar-refractivity contribution in [2.75, 3.05) is 17.7 Å². The standard InChI is InChI=1S/C19H19ClN4O/c1-12-10-14(20)8-9-15(12)23-19-21-13(2)11-18(24-19)22-16-6-4-5-7-17(16)25-3/h4-11H,1-3H3,(H2,21,22,23,24). The van der Waals surface area contributed by atoms with E-state index in [0.717, 1.165) is 28.4 Å². The molecule has 3 rings (SSSR count). The van der Waals surface area contributed by atoms with Crippen LogP contribution in [0.2, 0.25) is 5.02 Å². The van der Waals surface area contributed by atoms with E-state index in [4.69, 9.17) is 16.3 Å². The topological polar surface area (TPSA) is 59.1 Å². The molecule has 0 amide bonds. The molecule has 5 nitrogen and oxygen atoms in total. The third-order valence-corrected chi connectivity index (χ3v) is 3.89. The van der Waals surface area contributed by atoms with E-state index >= 15 is 0 Å². The van der Waals surface area contributed by atoms with Gasteiger partial charge in [0.05, 0.1) is 12.8 Å². The van der Waals surface area contributed by atoms with Crippen LogP contribution in [-0.2, 0) is 0 Å². The highest BCUT2D eigenvalue weighted by Gasteiger charge is 2.07. The van der Waals surface area contributed by atoms with Crippen LogP contribution in [0.15, 0.2) is 48.5 Å². The van der Waals surface area contributed by atoms with Gasteiger partial charge in [-0.05, 0) is 49.7 Å². The summed E-state index contributed by atoms with van der Waals surface area (Å²) in [6.45, 7) is 3.91. The number of aryl methyl sites for hydroxylation is 2. The zero-order valence-corrected chi connectivity index (χ0v) is 15.1. The van der Waals surface area contributed by atoms with E-state index in [1.165, 1.54) is 0 Å². The number of methoxy groups -OCH3 is 1. The highest BCUT2D eigenvalue weighted by Crippen LogP contribution is 2.27. The van der Waals surface area contributed by atoms with Crippen LogP contribution >= 0.6 is 11.6 Å². The third-order valence-electron chi connectivity index (χ3n) is 3.66. The van der Waals surface area contributed by atoms with E-state index < -0.39 is 0 Å². The summed E-state index contributed by atoms with van der Waals surface area (Å²) in [5.74, 6) is 1.95. The number of aromatic nitrogens is 2. The summed E-state index contributed by atoms with van der Waals surface area (Å²) in [6.07, 6.45) is 0. The second-order valence-corrected chi connectivity index (χ2v) is 6.06. The molecule has 0 bridgehead atoms. The number of ether oxygens (including phenoxy) is 1. The van der Waals surface area contributed by atoms with Crippen LogP contribution < -0.4 is 15.4 Å². The van der Waals surface area contributed by atoms with E-state index in [0.29, 0.717) is 16.8 Å². The molecule has 3 aromatic rings. The number of halogens is 1. The minimum Gasteiger partial charge on any atom is -0.495 e. The lowest BCUT2D eigenvalue weighted by atomic mass is 10.2. The number of rotatable bonds is 5. The lowest BCUT2D eigenvalue weighted by Gasteiger charge is -2.13. The fourth-order valence-electron chi connectivity index (χ4n) is 2.46. The fraction of sp³-hybridized carbons (Fsp3) is 0.158. The van der Waals surface area contributed by atoms with Gasteiger partial charge in [-0.25, -0.2) is 4.98 Å². The first-order valence-corrected chi connectivity index (χ1v) is 8.22. The van der Waals surface area contributed by atoms with Crippen LogP contribution in [0.3, 0.4) is 0 Å². The molecular formula is C19H19ClN4O. The van der Waals surface area contributed by atoms with Crippen molar-refractivity contribution in [3.05, 3.63) is 64.8 Å². The van der Waals surface area contributed by atoms with Gasteiger partial charge in [0.15, 0.2) is 0 Å². The SMILES string of the molecule is COc1ccccc1Nc1cc(C)nc(Nc2ccc(Cl)cc2C)n1. The number of para-hydroxylation sites is 2. The van der Waals surface area contributed by atoms with Crippen molar-refractivity contribution in [1.29, 1.82) is 0 Å². The zero-order valence-electron chi connectivity index (χ0n) is 14.3. The molecule has 0 aliphatic heterocycles. The molecule has 0 atom stereocenters. The summed E-state index contributed by atoms with van der Waals surface area (Å²) in [4.78, 5) is 8.99. The van der Waals surface area contributed by atoms with Crippen molar-refractivity contribution in [2.24, 2.45) is 0 Å². The summed E-state index contributed by atoms with van der Waals surface area (Å²) in [6, 6.07) is 15.2. The average molecular weight is 355 g/mol. The molecule has 1 aromatic heterocycles. The van der Waals surface area contributed by atoms with E-state index in [9.17, 15) is 0 Å². The van der Waals surface area contributed by atoms with Crippen molar-refractivity contribution in [2.45, 2.75) is 13.8 Å². The number of hydrogen-bond donors (Lipinski definition) is 2. The Bertz CT molecular complexity index is 898. The van der Waals surface area contributed by atoms with Crippen LogP contribution in [0, 0.1) is 13.8 Å². The number of anilines is 4. The normalized spacial score (nSPS) is 10.4. The average Bonchev–Trinajstić information content (AvgIpc) is 2.57. The molecule has 25 heavy (non-hydrogen) atoms. The highest BCUT2D eigenvalue weighted by atomic mass is 35.5. The largest absolute Gasteiger partial charge is 0.495 e. The van der Waals surface area contributed by atoms with Crippen LogP contribution in [0.25, 0.3) is 0 Å². The van der Waals surface area contributed by atoms with E-state index in [1.54, 1.807) is 7.11 Å². The Labute approximate surface area is 152 Å². The summed E-state index contributed by atoms with van der Waals surface area (Å²) >= 11 is 6.01. The van der Waals surface area contributed by atoms with Gasteiger partial charge in [0.1, 0.15) is 11.6 Å². The van der Waals surface area contributed by atoms with E-state index in [2.05, 4.69) is 20.6 Å². The van der Waals surface area contributed by atoms with Gasteiger partial charge in [-0.3, -0.25) is 0 Å². The lowest BCUT2D eigenvalue weighted by Crippen LogP contribution is -2.03. The van der Waals surface area contributed by atoms with Gasteiger partial charge in [-0.2, -0.15) is 4.98 Å². The first-order valence-electron chi connectivity index (χ1n) is 7.84. The van der Waals surface area contributed by atoms with Gasteiger partial charge in [0.25, 0.3) is 0 Å². The first-order chi connectivity index (χ1) is 12.0. The minimum absolute atomic E-state index is 0.517. The molecule has 128 valence electrons. The maximum Gasteiger partial charge on any atom is 0.229 e. The maximum atomic E-state index is 6.01. The van der Waals surface area contributed by atoms with Crippen molar-refractivity contribution in [3.63, 3.8) is 0 Å². The number of hydrogen-bond acceptors (Lipinski definition) is 5. The van der Waals surface area contributed by atoms with Gasteiger partial charge < -0.3 is 15.4 Å². The highest BCUT2D eigenvalue weighted by molar-refractivity contribution is 6.30. The molecular weight excluding hydrogens is 336 g/mol. The molecule has 0 radical (unpaired) electrons. The molecule has 0 saturated carbocycles. The van der Waals surface area contributed by atoms with Crippen molar-refractivity contribution < 1.29 is 4.74 Å². The van der Waals surface area contributed by atoms with Gasteiger partial charge >= 0.3 is 0 Å². The summed E-state index contributed by atoms with van der Waals surface area (Å²) in [7, 11) is 1.64. The van der Waals surface area contributed by atoms with Crippen molar-refractivity contribution in [1.82, 2.24) is 9.97 Å². The molecule has 0 unspecified atom stereocenters. The molecule has 6 heteroatoms. The van der Waals surface area contributed by atoms with E-state index in [1.807, 2.05) is 62.4 Å². The van der Waals surface area contributed by atoms with Gasteiger partial charge in [-0.1, -0.05) is 23.7 Å². The number of benzene rings is 2. The smallest absolute Gasteiger partial charge is 0.229 e.